The molecule has 8 heavy (non-hydrogen) atoms. The zero-order chi connectivity index (χ0) is 5.21. The molecule has 0 aromatic rings. The maximum absolute atomic E-state index is 5.72. The second-order valence-corrected chi connectivity index (χ2v) is 3.10. The summed E-state index contributed by atoms with van der Waals surface area (Å²) in [5.41, 5.74) is 0. The molecule has 0 heterocycles. The topological polar surface area (TPSA) is 35.0 Å². The molecule has 3 heteroatoms. The van der Waals surface area contributed by atoms with Gasteiger partial charge in [0.1, 0.15) is 0 Å². The lowest BCUT2D eigenvalue weighted by Gasteiger charge is -2.09. The molecular weight excluding hydrogens is 136 g/mol. The summed E-state index contributed by atoms with van der Waals surface area (Å²) in [6, 6.07) is 0. The van der Waals surface area contributed by atoms with Crippen LogP contribution in [-0.2, 0) is 0 Å². The monoisotopic (exact) mass is 153 g/mol. The van der Waals surface area contributed by atoms with Crippen molar-refractivity contribution in [1.82, 2.24) is 6.15 Å². The number of halogens is 1. The van der Waals surface area contributed by atoms with Crippen LogP contribution in [0.25, 0.3) is 0 Å². The minimum Gasteiger partial charge on any atom is -0.344 e. The molecule has 0 bridgehead atoms. The molecular formula is C5H17AlClN. The van der Waals surface area contributed by atoms with Crippen molar-refractivity contribution in [2.45, 2.75) is 32.1 Å². The first-order valence-corrected chi connectivity index (χ1v) is 2.63. The fourth-order valence-electron chi connectivity index (χ4n) is 0. The molecule has 0 saturated heterocycles. The van der Waals surface area contributed by atoms with Crippen LogP contribution in [0.5, 0.6) is 0 Å². The van der Waals surface area contributed by atoms with Crippen LogP contribution < -0.4 is 6.15 Å². The molecule has 0 amide bonds. The first-order valence-electron chi connectivity index (χ1n) is 2.25. The van der Waals surface area contributed by atoms with E-state index in [9.17, 15) is 0 Å². The van der Waals surface area contributed by atoms with Crippen LogP contribution >= 0.6 is 11.6 Å². The minimum absolute atomic E-state index is 0. The summed E-state index contributed by atoms with van der Waals surface area (Å²) in [5.74, 6) is 0. The number of hydrogen-bond donors (Lipinski definition) is 1. The predicted octanol–water partition coefficient (Wildman–Crippen LogP) is 1.39. The normalized spacial score (nSPS) is 9.00. The van der Waals surface area contributed by atoms with Gasteiger partial charge < -0.3 is 6.15 Å². The van der Waals surface area contributed by atoms with Gasteiger partial charge in [0, 0.05) is 4.87 Å². The van der Waals surface area contributed by atoms with Crippen molar-refractivity contribution in [3.8, 4) is 0 Å². The van der Waals surface area contributed by atoms with Crippen LogP contribution in [0.2, 0.25) is 0 Å². The Balaban J connectivity index is -0.000000125. The van der Waals surface area contributed by atoms with E-state index in [-0.39, 0.29) is 28.4 Å². The van der Waals surface area contributed by atoms with Crippen molar-refractivity contribution in [2.75, 3.05) is 0 Å². The SMILES string of the molecule is CCC(C)(C)Cl.N.[AlH3]. The lowest BCUT2D eigenvalue weighted by molar-refractivity contribution is 0.671. The van der Waals surface area contributed by atoms with Crippen molar-refractivity contribution in [3.05, 3.63) is 0 Å². The van der Waals surface area contributed by atoms with Gasteiger partial charge in [-0.25, -0.2) is 0 Å². The lowest BCUT2D eigenvalue weighted by atomic mass is 10.1. The van der Waals surface area contributed by atoms with Crippen LogP contribution in [0, 0.1) is 0 Å². The molecule has 0 unspecified atom stereocenters. The summed E-state index contributed by atoms with van der Waals surface area (Å²) in [6.07, 6.45) is 1.04. The van der Waals surface area contributed by atoms with Crippen LogP contribution in [0.1, 0.15) is 27.2 Å². The summed E-state index contributed by atoms with van der Waals surface area (Å²) in [7, 11) is 0. The molecule has 0 aromatic carbocycles. The molecule has 0 atom stereocenters. The minimum atomic E-state index is 0. The van der Waals surface area contributed by atoms with Crippen LogP contribution in [0.15, 0.2) is 0 Å². The highest BCUT2D eigenvalue weighted by Crippen LogP contribution is 2.15. The van der Waals surface area contributed by atoms with Crippen LogP contribution in [0.4, 0.5) is 0 Å². The fraction of sp³-hybridized carbons (Fsp3) is 1.00. The molecule has 52 valence electrons. The van der Waals surface area contributed by atoms with Gasteiger partial charge in [0.05, 0.1) is 0 Å². The van der Waals surface area contributed by atoms with E-state index in [4.69, 9.17) is 11.6 Å². The molecule has 0 aliphatic heterocycles. The zero-order valence-electron chi connectivity index (χ0n) is 5.29. The third kappa shape index (κ3) is 15.9. The second-order valence-electron chi connectivity index (χ2n) is 2.07. The summed E-state index contributed by atoms with van der Waals surface area (Å²) >= 11 is 5.72. The van der Waals surface area contributed by atoms with E-state index in [0.717, 1.165) is 6.42 Å². The average molecular weight is 154 g/mol. The molecule has 0 aliphatic carbocycles. The zero-order valence-corrected chi connectivity index (χ0v) is 6.05. The highest BCUT2D eigenvalue weighted by atomic mass is 35.5. The van der Waals surface area contributed by atoms with Gasteiger partial charge in [-0.15, -0.1) is 11.6 Å². The van der Waals surface area contributed by atoms with Gasteiger partial charge in [0.2, 0.25) is 0 Å². The third-order valence-corrected chi connectivity index (χ3v) is 1.11. The number of alkyl halides is 1. The van der Waals surface area contributed by atoms with Gasteiger partial charge in [-0.3, -0.25) is 0 Å². The largest absolute Gasteiger partial charge is 0.344 e. The molecule has 0 saturated carbocycles. The molecule has 0 aliphatic rings. The van der Waals surface area contributed by atoms with Crippen molar-refractivity contribution in [3.63, 3.8) is 0 Å². The Kier molecular flexibility index (Phi) is 11.8. The second kappa shape index (κ2) is 5.91. The van der Waals surface area contributed by atoms with E-state index in [2.05, 4.69) is 6.92 Å². The van der Waals surface area contributed by atoms with Crippen LogP contribution in [-0.4, -0.2) is 22.2 Å². The maximum Gasteiger partial charge on any atom is 0.187 e. The van der Waals surface area contributed by atoms with Crippen molar-refractivity contribution in [2.24, 2.45) is 0 Å². The van der Waals surface area contributed by atoms with E-state index in [1.165, 1.54) is 0 Å². The molecule has 0 aromatic heterocycles. The van der Waals surface area contributed by atoms with Crippen LogP contribution in [0.3, 0.4) is 0 Å². The van der Waals surface area contributed by atoms with Gasteiger partial charge in [0.15, 0.2) is 17.4 Å². The highest BCUT2D eigenvalue weighted by molar-refractivity contribution is 6.23. The molecule has 0 rings (SSSR count). The summed E-state index contributed by atoms with van der Waals surface area (Å²) in [6.45, 7) is 6.09. The quantitative estimate of drug-likeness (QED) is 0.449. The van der Waals surface area contributed by atoms with E-state index in [1.807, 2.05) is 13.8 Å². The van der Waals surface area contributed by atoms with Gasteiger partial charge in [-0.1, -0.05) is 6.92 Å². The first-order chi connectivity index (χ1) is 2.56. The Morgan fingerprint density at radius 1 is 1.38 bits per heavy atom. The lowest BCUT2D eigenvalue weighted by Crippen LogP contribution is -2.05. The van der Waals surface area contributed by atoms with Gasteiger partial charge in [0.25, 0.3) is 0 Å². The van der Waals surface area contributed by atoms with Gasteiger partial charge in [-0.05, 0) is 20.3 Å². The van der Waals surface area contributed by atoms with Crippen molar-refractivity contribution < 1.29 is 0 Å². The summed E-state index contributed by atoms with van der Waals surface area (Å²) in [5, 5.41) is 0. The van der Waals surface area contributed by atoms with E-state index >= 15 is 0 Å². The Hall–Kier alpha value is 0.782. The van der Waals surface area contributed by atoms with Crippen molar-refractivity contribution in [1.29, 1.82) is 0 Å². The maximum atomic E-state index is 5.72. The number of rotatable bonds is 1. The Labute approximate surface area is 67.5 Å². The van der Waals surface area contributed by atoms with Gasteiger partial charge in [-0.2, -0.15) is 0 Å². The first kappa shape index (κ1) is 15.9. The van der Waals surface area contributed by atoms with Crippen molar-refractivity contribution >= 4 is 29.0 Å². The van der Waals surface area contributed by atoms with E-state index in [1.54, 1.807) is 0 Å². The Morgan fingerprint density at radius 3 is 1.50 bits per heavy atom. The third-order valence-electron chi connectivity index (χ3n) is 0.841. The summed E-state index contributed by atoms with van der Waals surface area (Å²) < 4.78 is 0. The van der Waals surface area contributed by atoms with E-state index in [0.29, 0.717) is 0 Å². The predicted molar refractivity (Wildman–Crippen MR) is 45.2 cm³/mol. The Morgan fingerprint density at radius 2 is 1.50 bits per heavy atom. The standard InChI is InChI=1S/C5H11Cl.Al.H3N.3H/c1-4-5(2,3)6;;;;;/h4H2,1-3H3;;1H3;;;. The van der Waals surface area contributed by atoms with Gasteiger partial charge >= 0.3 is 0 Å². The smallest absolute Gasteiger partial charge is 0.187 e. The molecule has 0 radical (unpaired) electrons. The molecule has 0 fully saturated rings. The highest BCUT2D eigenvalue weighted by Gasteiger charge is 2.06. The summed E-state index contributed by atoms with van der Waals surface area (Å²) in [4.78, 5) is 0.0139. The van der Waals surface area contributed by atoms with E-state index < -0.39 is 0 Å². The average Bonchev–Trinajstić information content (AvgIpc) is 1.35. The fourth-order valence-corrected chi connectivity index (χ4v) is 0. The number of hydrogen-bond acceptors (Lipinski definition) is 1. The molecule has 0 spiro atoms. The molecule has 1 nitrogen and oxygen atoms in total. The molecule has 3 N–H and O–H groups in total. The Bertz CT molecular complexity index is 42.2.